The smallest absolute Gasteiger partial charge is 0.239 e. The van der Waals surface area contributed by atoms with Gasteiger partial charge in [-0.15, -0.1) is 0 Å². The molecule has 0 saturated carbocycles. The maximum atomic E-state index is 12.8. The Morgan fingerprint density at radius 3 is 2.55 bits per heavy atom. The molecule has 1 aliphatic heterocycles. The van der Waals surface area contributed by atoms with Gasteiger partial charge in [0.2, 0.25) is 5.91 Å². The molecule has 2 rings (SSSR count). The van der Waals surface area contributed by atoms with E-state index in [4.69, 9.17) is 0 Å². The Hall–Kier alpha value is -1.42. The van der Waals surface area contributed by atoms with Gasteiger partial charge in [-0.3, -0.25) is 4.79 Å². The number of carbonyl (C=O) groups excluding carboxylic acids is 1. The van der Waals surface area contributed by atoms with E-state index in [-0.39, 0.29) is 17.8 Å². The van der Waals surface area contributed by atoms with Crippen molar-refractivity contribution in [1.29, 1.82) is 0 Å². The summed E-state index contributed by atoms with van der Waals surface area (Å²) in [5.41, 5.74) is 0.985. The zero-order valence-corrected chi connectivity index (χ0v) is 12.2. The molecule has 1 fully saturated rings. The van der Waals surface area contributed by atoms with Gasteiger partial charge >= 0.3 is 0 Å². The topological polar surface area (TPSA) is 32.3 Å². The number of nitrogens with zero attached hydrogens (tertiary/aromatic N) is 1. The lowest BCUT2D eigenvalue weighted by Crippen LogP contribution is -2.47. The van der Waals surface area contributed by atoms with Gasteiger partial charge in [0.1, 0.15) is 5.82 Å². The highest BCUT2D eigenvalue weighted by atomic mass is 19.1. The molecular weight excluding hydrogens is 255 g/mol. The van der Waals surface area contributed by atoms with Crippen LogP contribution in [-0.2, 0) is 11.3 Å². The number of rotatable bonds is 4. The minimum atomic E-state index is -0.236. The first-order valence-electron chi connectivity index (χ1n) is 7.33. The molecule has 1 amide bonds. The minimum absolute atomic E-state index is 0.166. The number of hydrogen-bond acceptors (Lipinski definition) is 2. The first kappa shape index (κ1) is 15.0. The molecule has 1 aromatic rings. The van der Waals surface area contributed by atoms with E-state index in [1.165, 1.54) is 12.1 Å². The van der Waals surface area contributed by atoms with Crippen molar-refractivity contribution in [2.45, 2.75) is 39.3 Å². The van der Waals surface area contributed by atoms with Crippen molar-refractivity contribution < 1.29 is 9.18 Å². The lowest BCUT2D eigenvalue weighted by atomic mass is 9.99. The zero-order valence-electron chi connectivity index (χ0n) is 12.2. The second-order valence-electron chi connectivity index (χ2n) is 5.74. The van der Waals surface area contributed by atoms with Crippen LogP contribution in [0.2, 0.25) is 0 Å². The SMILES string of the molecule is CC1CCN(C(=O)[C@H](C)NCc2ccc(F)cc2)CC1. The predicted octanol–water partition coefficient (Wildman–Crippen LogP) is 2.56. The van der Waals surface area contributed by atoms with E-state index in [0.29, 0.717) is 6.54 Å². The van der Waals surface area contributed by atoms with Crippen molar-refractivity contribution in [1.82, 2.24) is 10.2 Å². The number of carbonyl (C=O) groups is 1. The Balaban J connectivity index is 1.80. The van der Waals surface area contributed by atoms with Crippen LogP contribution in [0.1, 0.15) is 32.3 Å². The third-order valence-electron chi connectivity index (χ3n) is 3.99. The Labute approximate surface area is 120 Å². The molecule has 1 aromatic carbocycles. The number of benzene rings is 1. The van der Waals surface area contributed by atoms with Crippen molar-refractivity contribution in [2.24, 2.45) is 5.92 Å². The number of nitrogens with one attached hydrogen (secondary N) is 1. The summed E-state index contributed by atoms with van der Waals surface area (Å²) in [6.07, 6.45) is 2.19. The highest BCUT2D eigenvalue weighted by molar-refractivity contribution is 5.81. The number of amides is 1. The fourth-order valence-corrected chi connectivity index (χ4v) is 2.46. The van der Waals surface area contributed by atoms with Crippen molar-refractivity contribution in [3.63, 3.8) is 0 Å². The van der Waals surface area contributed by atoms with Crippen LogP contribution in [0.5, 0.6) is 0 Å². The molecule has 1 saturated heterocycles. The lowest BCUT2D eigenvalue weighted by molar-refractivity contribution is -0.134. The van der Waals surface area contributed by atoms with Crippen LogP contribution >= 0.6 is 0 Å². The molecule has 110 valence electrons. The summed E-state index contributed by atoms with van der Waals surface area (Å²) in [4.78, 5) is 14.2. The van der Waals surface area contributed by atoms with E-state index < -0.39 is 0 Å². The van der Waals surface area contributed by atoms with Gasteiger partial charge in [-0.1, -0.05) is 19.1 Å². The van der Waals surface area contributed by atoms with Gasteiger partial charge in [0.05, 0.1) is 6.04 Å². The zero-order chi connectivity index (χ0) is 14.5. The van der Waals surface area contributed by atoms with Crippen LogP contribution in [0.25, 0.3) is 0 Å². The fraction of sp³-hybridized carbons (Fsp3) is 0.562. The van der Waals surface area contributed by atoms with Gasteiger partial charge in [0, 0.05) is 19.6 Å². The summed E-state index contributed by atoms with van der Waals surface area (Å²) in [7, 11) is 0. The average Bonchev–Trinajstić information content (AvgIpc) is 2.46. The standard InChI is InChI=1S/C16H23FN2O/c1-12-7-9-19(10-8-12)16(20)13(2)18-11-14-3-5-15(17)6-4-14/h3-6,12-13,18H,7-11H2,1-2H3/t13-/m0/s1. The highest BCUT2D eigenvalue weighted by Gasteiger charge is 2.23. The first-order valence-corrected chi connectivity index (χ1v) is 7.33. The molecule has 0 aliphatic carbocycles. The largest absolute Gasteiger partial charge is 0.341 e. The molecular formula is C16H23FN2O. The van der Waals surface area contributed by atoms with E-state index >= 15 is 0 Å². The molecule has 1 atom stereocenters. The second kappa shape index (κ2) is 6.84. The van der Waals surface area contributed by atoms with Crippen LogP contribution in [-0.4, -0.2) is 29.9 Å². The summed E-state index contributed by atoms with van der Waals surface area (Å²) in [5, 5.41) is 3.21. The molecule has 1 N–H and O–H groups in total. The van der Waals surface area contributed by atoms with E-state index in [2.05, 4.69) is 12.2 Å². The maximum Gasteiger partial charge on any atom is 0.239 e. The molecule has 0 bridgehead atoms. The van der Waals surface area contributed by atoms with E-state index in [9.17, 15) is 9.18 Å². The molecule has 0 radical (unpaired) electrons. The van der Waals surface area contributed by atoms with E-state index in [0.717, 1.165) is 37.4 Å². The van der Waals surface area contributed by atoms with Gasteiger partial charge in [-0.05, 0) is 43.4 Å². The Morgan fingerprint density at radius 2 is 1.95 bits per heavy atom. The molecule has 1 heterocycles. The fourth-order valence-electron chi connectivity index (χ4n) is 2.46. The second-order valence-corrected chi connectivity index (χ2v) is 5.74. The highest BCUT2D eigenvalue weighted by Crippen LogP contribution is 2.16. The summed E-state index contributed by atoms with van der Waals surface area (Å²) in [6, 6.07) is 6.16. The first-order chi connectivity index (χ1) is 9.56. The monoisotopic (exact) mass is 278 g/mol. The Kier molecular flexibility index (Phi) is 5.12. The maximum absolute atomic E-state index is 12.8. The van der Waals surface area contributed by atoms with Crippen molar-refractivity contribution in [3.05, 3.63) is 35.6 Å². The Morgan fingerprint density at radius 1 is 1.35 bits per heavy atom. The van der Waals surface area contributed by atoms with Crippen LogP contribution < -0.4 is 5.32 Å². The van der Waals surface area contributed by atoms with Crippen LogP contribution in [0.15, 0.2) is 24.3 Å². The molecule has 0 unspecified atom stereocenters. The number of halogens is 1. The van der Waals surface area contributed by atoms with E-state index in [1.807, 2.05) is 11.8 Å². The molecule has 0 aromatic heterocycles. The number of piperidine rings is 1. The predicted molar refractivity (Wildman–Crippen MR) is 77.7 cm³/mol. The van der Waals surface area contributed by atoms with Crippen LogP contribution in [0, 0.1) is 11.7 Å². The summed E-state index contributed by atoms with van der Waals surface area (Å²) >= 11 is 0. The summed E-state index contributed by atoms with van der Waals surface area (Å²) in [5.74, 6) is 0.654. The van der Waals surface area contributed by atoms with Crippen molar-refractivity contribution in [3.8, 4) is 0 Å². The number of likely N-dealkylation sites (tertiary alicyclic amines) is 1. The third kappa shape index (κ3) is 4.04. The van der Waals surface area contributed by atoms with Gasteiger partial charge < -0.3 is 10.2 Å². The molecule has 1 aliphatic rings. The molecule has 0 spiro atoms. The molecule has 4 heteroatoms. The minimum Gasteiger partial charge on any atom is -0.341 e. The lowest BCUT2D eigenvalue weighted by Gasteiger charge is -2.32. The van der Waals surface area contributed by atoms with Gasteiger partial charge in [0.15, 0.2) is 0 Å². The quantitative estimate of drug-likeness (QED) is 0.918. The van der Waals surface area contributed by atoms with Crippen LogP contribution in [0.4, 0.5) is 4.39 Å². The molecule has 20 heavy (non-hydrogen) atoms. The van der Waals surface area contributed by atoms with Gasteiger partial charge in [-0.25, -0.2) is 4.39 Å². The Bertz CT molecular complexity index is 438. The van der Waals surface area contributed by atoms with Crippen LogP contribution in [0.3, 0.4) is 0 Å². The van der Waals surface area contributed by atoms with E-state index in [1.54, 1.807) is 12.1 Å². The van der Waals surface area contributed by atoms with Gasteiger partial charge in [0.25, 0.3) is 0 Å². The third-order valence-corrected chi connectivity index (χ3v) is 3.99. The summed E-state index contributed by atoms with van der Waals surface area (Å²) < 4.78 is 12.8. The molecule has 3 nitrogen and oxygen atoms in total. The summed E-state index contributed by atoms with van der Waals surface area (Å²) in [6.45, 7) is 6.44. The average molecular weight is 278 g/mol. The van der Waals surface area contributed by atoms with Crippen molar-refractivity contribution >= 4 is 5.91 Å². The van der Waals surface area contributed by atoms with Crippen molar-refractivity contribution in [2.75, 3.05) is 13.1 Å². The van der Waals surface area contributed by atoms with Gasteiger partial charge in [-0.2, -0.15) is 0 Å². The normalized spacial score (nSPS) is 18.1. The number of hydrogen-bond donors (Lipinski definition) is 1.